The van der Waals surface area contributed by atoms with E-state index in [0.29, 0.717) is 42.0 Å². The molecule has 0 N–H and O–H groups in total. The van der Waals surface area contributed by atoms with Crippen molar-refractivity contribution in [3.8, 4) is 0 Å². The summed E-state index contributed by atoms with van der Waals surface area (Å²) in [5.74, 6) is 0. The maximum Gasteiger partial charge on any atom is 0.441 e. The molecule has 2 rings (SSSR count). The average Bonchev–Trinajstić information content (AvgIpc) is 2.66. The van der Waals surface area contributed by atoms with Crippen molar-refractivity contribution in [1.29, 1.82) is 0 Å². The first kappa shape index (κ1) is 22.9. The van der Waals surface area contributed by atoms with Gasteiger partial charge >= 0.3 is 6.09 Å². The van der Waals surface area contributed by atoms with Gasteiger partial charge in [-0.05, 0) is 29.5 Å². The van der Waals surface area contributed by atoms with E-state index < -0.39 is 14.4 Å². The summed E-state index contributed by atoms with van der Waals surface area (Å²) in [7, 11) is -1.97. The third kappa shape index (κ3) is 5.58. The molecule has 0 bridgehead atoms. The Hall–Kier alpha value is -1.38. The first-order valence-corrected chi connectivity index (χ1v) is 12.5. The molecule has 160 valence electrons. The van der Waals surface area contributed by atoms with E-state index in [0.717, 1.165) is 12.8 Å². The summed E-state index contributed by atoms with van der Waals surface area (Å²) < 4.78 is 12.0. The van der Waals surface area contributed by atoms with Gasteiger partial charge in [0.05, 0.1) is 18.0 Å². The SMILES string of the molecule is CC(C)[Si](OC1CCCN(C(=O)OOCC2=NC=COC2)C1)(C(C)C)C(C)C. The van der Waals surface area contributed by atoms with Crippen LogP contribution in [0, 0.1) is 0 Å². The molecule has 0 aromatic rings. The second kappa shape index (κ2) is 10.4. The van der Waals surface area contributed by atoms with Crippen LogP contribution in [-0.2, 0) is 18.9 Å². The second-order valence-electron chi connectivity index (χ2n) is 8.55. The lowest BCUT2D eigenvalue weighted by atomic mass is 10.1. The Balaban J connectivity index is 1.90. The van der Waals surface area contributed by atoms with Crippen molar-refractivity contribution in [2.24, 2.45) is 4.99 Å². The third-order valence-electron chi connectivity index (χ3n) is 5.73. The van der Waals surface area contributed by atoms with E-state index in [1.807, 2.05) is 0 Å². The number of nitrogens with zero attached hydrogens (tertiary/aromatic N) is 2. The zero-order valence-electron chi connectivity index (χ0n) is 18.1. The second-order valence-corrected chi connectivity index (χ2v) is 14.0. The average molecular weight is 413 g/mol. The van der Waals surface area contributed by atoms with Crippen LogP contribution in [-0.4, -0.2) is 57.4 Å². The van der Waals surface area contributed by atoms with E-state index in [9.17, 15) is 4.79 Å². The molecule has 8 heteroatoms. The summed E-state index contributed by atoms with van der Waals surface area (Å²) in [5.41, 5.74) is 2.24. The van der Waals surface area contributed by atoms with Crippen LogP contribution in [0.25, 0.3) is 0 Å². The molecule has 2 heterocycles. The first-order chi connectivity index (χ1) is 13.3. The number of aliphatic imine (C=N–C) groups is 1. The number of hydrogen-bond acceptors (Lipinski definition) is 6. The Morgan fingerprint density at radius 1 is 1.25 bits per heavy atom. The topological polar surface area (TPSA) is 69.6 Å². The lowest BCUT2D eigenvalue weighted by molar-refractivity contribution is -0.234. The Morgan fingerprint density at radius 3 is 2.50 bits per heavy atom. The molecule has 2 aliphatic heterocycles. The number of amides is 1. The van der Waals surface area contributed by atoms with E-state index in [-0.39, 0.29) is 12.7 Å². The van der Waals surface area contributed by atoms with Crippen LogP contribution in [0.5, 0.6) is 0 Å². The molecule has 2 aliphatic rings. The maximum absolute atomic E-state index is 12.4. The number of carbonyl (C=O) groups excluding carboxylic acids is 1. The third-order valence-corrected chi connectivity index (χ3v) is 11.9. The fourth-order valence-electron chi connectivity index (χ4n) is 4.54. The van der Waals surface area contributed by atoms with Crippen molar-refractivity contribution in [3.05, 3.63) is 12.5 Å². The van der Waals surface area contributed by atoms with Crippen molar-refractivity contribution >= 4 is 20.1 Å². The van der Waals surface area contributed by atoms with E-state index >= 15 is 0 Å². The molecule has 1 atom stereocenters. The van der Waals surface area contributed by atoms with Crippen molar-refractivity contribution in [2.75, 3.05) is 26.3 Å². The molecular weight excluding hydrogens is 376 g/mol. The number of hydrogen-bond donors (Lipinski definition) is 0. The zero-order chi connectivity index (χ0) is 20.7. The molecule has 0 aliphatic carbocycles. The number of ether oxygens (including phenoxy) is 1. The molecule has 0 aromatic heterocycles. The highest BCUT2D eigenvalue weighted by Gasteiger charge is 2.47. The van der Waals surface area contributed by atoms with E-state index in [4.69, 9.17) is 18.9 Å². The molecule has 0 saturated carbocycles. The standard InChI is InChI=1S/C20H36N2O5Si/c1-15(2)28(16(3)4,17(5)6)27-19-8-7-10-22(12-19)20(23)26-25-14-18-13-24-11-9-21-18/h9,11,15-17,19H,7-8,10,12-14H2,1-6H3. The number of piperidine rings is 1. The van der Waals surface area contributed by atoms with Crippen molar-refractivity contribution in [3.63, 3.8) is 0 Å². The highest BCUT2D eigenvalue weighted by molar-refractivity contribution is 6.77. The van der Waals surface area contributed by atoms with Gasteiger partial charge in [-0.1, -0.05) is 41.5 Å². The molecule has 1 saturated heterocycles. The van der Waals surface area contributed by atoms with E-state index in [2.05, 4.69) is 46.5 Å². The Bertz CT molecular complexity index is 555. The monoisotopic (exact) mass is 412 g/mol. The largest absolute Gasteiger partial charge is 0.494 e. The molecule has 1 fully saturated rings. The van der Waals surface area contributed by atoms with Crippen LogP contribution in [0.1, 0.15) is 54.4 Å². The van der Waals surface area contributed by atoms with Gasteiger partial charge in [0.15, 0.2) is 0 Å². The minimum Gasteiger partial charge on any atom is -0.494 e. The van der Waals surface area contributed by atoms with Crippen LogP contribution in [0.3, 0.4) is 0 Å². The normalized spacial score (nSPS) is 20.5. The van der Waals surface area contributed by atoms with Gasteiger partial charge in [-0.15, -0.1) is 0 Å². The summed E-state index contributed by atoms with van der Waals surface area (Å²) in [6.07, 6.45) is 4.53. The number of rotatable bonds is 8. The van der Waals surface area contributed by atoms with Crippen molar-refractivity contribution < 1.29 is 23.7 Å². The molecule has 1 amide bonds. The molecule has 0 spiro atoms. The summed E-state index contributed by atoms with van der Waals surface area (Å²) in [6, 6.07) is 0. The Morgan fingerprint density at radius 2 is 1.93 bits per heavy atom. The summed E-state index contributed by atoms with van der Waals surface area (Å²) in [4.78, 5) is 28.3. The fraction of sp³-hybridized carbons (Fsp3) is 0.800. The van der Waals surface area contributed by atoms with Gasteiger partial charge < -0.3 is 14.1 Å². The van der Waals surface area contributed by atoms with Crippen molar-refractivity contribution in [1.82, 2.24) is 4.90 Å². The molecular formula is C20H36N2O5Si. The predicted octanol–water partition coefficient (Wildman–Crippen LogP) is 4.65. The zero-order valence-corrected chi connectivity index (χ0v) is 19.1. The molecule has 0 radical (unpaired) electrons. The van der Waals surface area contributed by atoms with Crippen LogP contribution in [0.2, 0.25) is 16.6 Å². The lowest BCUT2D eigenvalue weighted by Gasteiger charge is -2.46. The fourth-order valence-corrected chi connectivity index (χ4v) is 10.1. The maximum atomic E-state index is 12.4. The van der Waals surface area contributed by atoms with Crippen LogP contribution >= 0.6 is 0 Å². The van der Waals surface area contributed by atoms with E-state index in [1.54, 1.807) is 11.1 Å². The number of likely N-dealkylation sites (tertiary alicyclic amines) is 1. The van der Waals surface area contributed by atoms with Gasteiger partial charge in [-0.25, -0.2) is 4.79 Å². The minimum atomic E-state index is -1.97. The number of carbonyl (C=O) groups is 1. The highest BCUT2D eigenvalue weighted by Crippen LogP contribution is 2.43. The van der Waals surface area contributed by atoms with Gasteiger partial charge in [-0.2, -0.15) is 4.89 Å². The smallest absolute Gasteiger partial charge is 0.441 e. The van der Waals surface area contributed by atoms with Crippen LogP contribution < -0.4 is 0 Å². The minimum absolute atomic E-state index is 0.0569. The summed E-state index contributed by atoms with van der Waals surface area (Å²) >= 11 is 0. The quantitative estimate of drug-likeness (QED) is 0.330. The van der Waals surface area contributed by atoms with Gasteiger partial charge in [-0.3, -0.25) is 9.88 Å². The summed E-state index contributed by atoms with van der Waals surface area (Å²) in [5, 5.41) is 0. The van der Waals surface area contributed by atoms with Gasteiger partial charge in [0.25, 0.3) is 0 Å². The van der Waals surface area contributed by atoms with Gasteiger partial charge in [0.1, 0.15) is 19.5 Å². The predicted molar refractivity (Wildman–Crippen MR) is 112 cm³/mol. The first-order valence-electron chi connectivity index (χ1n) is 10.4. The molecule has 0 aromatic carbocycles. The Kier molecular flexibility index (Phi) is 8.51. The van der Waals surface area contributed by atoms with E-state index in [1.165, 1.54) is 6.26 Å². The van der Waals surface area contributed by atoms with Crippen LogP contribution in [0.4, 0.5) is 4.79 Å². The summed E-state index contributed by atoms with van der Waals surface area (Å²) in [6.45, 7) is 15.3. The molecule has 1 unspecified atom stereocenters. The highest BCUT2D eigenvalue weighted by atomic mass is 28.4. The van der Waals surface area contributed by atoms with Crippen molar-refractivity contribution in [2.45, 2.75) is 77.1 Å². The Labute approximate surface area is 170 Å². The molecule has 7 nitrogen and oxygen atoms in total. The molecule has 28 heavy (non-hydrogen) atoms. The van der Waals surface area contributed by atoms with Gasteiger partial charge in [0.2, 0.25) is 8.32 Å². The van der Waals surface area contributed by atoms with Crippen LogP contribution in [0.15, 0.2) is 17.5 Å². The van der Waals surface area contributed by atoms with Gasteiger partial charge in [0, 0.05) is 13.1 Å². The lowest BCUT2D eigenvalue weighted by Crippen LogP contribution is -2.54.